The number of nitrogens with zero attached hydrogens (tertiary/aromatic N) is 1. The molecule has 3 heteroatoms. The molecule has 0 spiro atoms. The minimum atomic E-state index is 0.0844. The molecule has 2 aromatic heterocycles. The van der Waals surface area contributed by atoms with Crippen LogP contribution in [0.5, 0.6) is 0 Å². The molecule has 3 aromatic rings. The molecule has 1 unspecified atom stereocenters. The van der Waals surface area contributed by atoms with Gasteiger partial charge in [0.2, 0.25) is 0 Å². The first-order valence-electron chi connectivity index (χ1n) is 8.13. The lowest BCUT2D eigenvalue weighted by Crippen LogP contribution is -2.22. The average molecular weight is 309 g/mol. The number of aromatic nitrogens is 1. The fraction of sp³-hybridized carbons (Fsp3) is 0.350. The normalized spacial score (nSPS) is 12.9. The molecule has 0 fully saturated rings. The Labute approximate surface area is 136 Å². The molecule has 120 valence electrons. The Morgan fingerprint density at radius 3 is 2.65 bits per heavy atom. The maximum atomic E-state index is 12.2. The van der Waals surface area contributed by atoms with Gasteiger partial charge in [0, 0.05) is 30.1 Å². The molecular formula is C20H23NO2. The molecule has 2 heterocycles. The molecule has 0 aliphatic rings. The van der Waals surface area contributed by atoms with Crippen LogP contribution in [0.3, 0.4) is 0 Å². The summed E-state index contributed by atoms with van der Waals surface area (Å²) in [7, 11) is 1.79. The van der Waals surface area contributed by atoms with E-state index in [1.807, 2.05) is 12.1 Å². The van der Waals surface area contributed by atoms with Crippen molar-refractivity contribution in [3.63, 3.8) is 0 Å². The van der Waals surface area contributed by atoms with E-state index >= 15 is 0 Å². The van der Waals surface area contributed by atoms with Crippen molar-refractivity contribution in [3.8, 4) is 0 Å². The third-order valence-electron chi connectivity index (χ3n) is 4.40. The minimum Gasteiger partial charge on any atom is -0.461 e. The molecule has 3 nitrogen and oxygen atoms in total. The molecule has 0 aliphatic heterocycles. The molecule has 1 aromatic carbocycles. The molecule has 0 aliphatic carbocycles. The zero-order valence-electron chi connectivity index (χ0n) is 14.2. The lowest BCUT2D eigenvalue weighted by Gasteiger charge is -2.12. The van der Waals surface area contributed by atoms with Crippen molar-refractivity contribution in [1.82, 2.24) is 4.57 Å². The summed E-state index contributed by atoms with van der Waals surface area (Å²) in [6.07, 6.45) is 2.62. The van der Waals surface area contributed by atoms with E-state index in [2.05, 4.69) is 45.0 Å². The SMILES string of the molecule is CC(C)c1cc2ccc(CC(C)c3cccn(C)c3=O)cc2o1. The Morgan fingerprint density at radius 1 is 1.13 bits per heavy atom. The van der Waals surface area contributed by atoms with Crippen LogP contribution in [0.4, 0.5) is 0 Å². The molecule has 0 saturated heterocycles. The first-order chi connectivity index (χ1) is 11.0. The maximum Gasteiger partial charge on any atom is 0.253 e. The van der Waals surface area contributed by atoms with Crippen LogP contribution in [0.1, 0.15) is 49.5 Å². The van der Waals surface area contributed by atoms with Gasteiger partial charge in [-0.3, -0.25) is 4.79 Å². The van der Waals surface area contributed by atoms with Crippen molar-refractivity contribution in [2.24, 2.45) is 7.05 Å². The largest absolute Gasteiger partial charge is 0.461 e. The monoisotopic (exact) mass is 309 g/mol. The van der Waals surface area contributed by atoms with E-state index in [1.165, 1.54) is 5.56 Å². The average Bonchev–Trinajstić information content (AvgIpc) is 2.93. The third-order valence-corrected chi connectivity index (χ3v) is 4.40. The Morgan fingerprint density at radius 2 is 1.91 bits per heavy atom. The smallest absolute Gasteiger partial charge is 0.253 e. The summed E-state index contributed by atoms with van der Waals surface area (Å²) in [5.41, 5.74) is 3.07. The quantitative estimate of drug-likeness (QED) is 0.706. The minimum absolute atomic E-state index is 0.0844. The summed E-state index contributed by atoms with van der Waals surface area (Å²) in [5, 5.41) is 1.14. The number of hydrogen-bond donors (Lipinski definition) is 0. The van der Waals surface area contributed by atoms with Crippen LogP contribution < -0.4 is 5.56 Å². The fourth-order valence-electron chi connectivity index (χ4n) is 2.96. The Bertz CT molecular complexity index is 886. The highest BCUT2D eigenvalue weighted by Crippen LogP contribution is 2.27. The topological polar surface area (TPSA) is 35.1 Å². The van der Waals surface area contributed by atoms with E-state index in [-0.39, 0.29) is 11.5 Å². The molecule has 1 atom stereocenters. The van der Waals surface area contributed by atoms with Gasteiger partial charge in [0.25, 0.3) is 5.56 Å². The summed E-state index contributed by atoms with van der Waals surface area (Å²) in [5.74, 6) is 1.58. The predicted molar refractivity (Wildman–Crippen MR) is 94.1 cm³/mol. The van der Waals surface area contributed by atoms with Gasteiger partial charge in [0.1, 0.15) is 11.3 Å². The standard InChI is InChI=1S/C20H23NO2/c1-13(2)18-12-16-8-7-15(11-19(16)23-18)10-14(3)17-6-5-9-21(4)20(17)22/h5-9,11-14H,10H2,1-4H3. The molecule has 0 amide bonds. The van der Waals surface area contributed by atoms with Crippen LogP contribution >= 0.6 is 0 Å². The van der Waals surface area contributed by atoms with Crippen molar-refractivity contribution in [1.29, 1.82) is 0 Å². The lowest BCUT2D eigenvalue weighted by atomic mass is 9.94. The number of aryl methyl sites for hydroxylation is 1. The van der Waals surface area contributed by atoms with Crippen LogP contribution in [0.15, 0.2) is 51.8 Å². The van der Waals surface area contributed by atoms with Gasteiger partial charge in [-0.2, -0.15) is 0 Å². The molecule has 3 rings (SSSR count). The number of fused-ring (bicyclic) bond motifs is 1. The highest BCUT2D eigenvalue weighted by molar-refractivity contribution is 5.78. The predicted octanol–water partition coefficient (Wildman–Crippen LogP) is 4.60. The first-order valence-corrected chi connectivity index (χ1v) is 8.13. The van der Waals surface area contributed by atoms with Crippen LogP contribution in [0.25, 0.3) is 11.0 Å². The van der Waals surface area contributed by atoms with Gasteiger partial charge >= 0.3 is 0 Å². The number of furan rings is 1. The summed E-state index contributed by atoms with van der Waals surface area (Å²) < 4.78 is 7.57. The van der Waals surface area contributed by atoms with Crippen LogP contribution in [0, 0.1) is 0 Å². The summed E-state index contributed by atoms with van der Waals surface area (Å²) in [6.45, 7) is 6.36. The molecule has 23 heavy (non-hydrogen) atoms. The van der Waals surface area contributed by atoms with E-state index in [4.69, 9.17) is 4.42 Å². The van der Waals surface area contributed by atoms with E-state index in [0.29, 0.717) is 5.92 Å². The summed E-state index contributed by atoms with van der Waals surface area (Å²) in [6, 6.07) is 12.3. The van der Waals surface area contributed by atoms with E-state index in [0.717, 1.165) is 28.7 Å². The number of pyridine rings is 1. The van der Waals surface area contributed by atoms with Gasteiger partial charge in [-0.05, 0) is 36.1 Å². The van der Waals surface area contributed by atoms with Gasteiger partial charge < -0.3 is 8.98 Å². The number of benzene rings is 1. The van der Waals surface area contributed by atoms with Gasteiger partial charge in [0.15, 0.2) is 0 Å². The summed E-state index contributed by atoms with van der Waals surface area (Å²) in [4.78, 5) is 12.2. The zero-order valence-corrected chi connectivity index (χ0v) is 14.2. The van der Waals surface area contributed by atoms with Crippen molar-refractivity contribution >= 4 is 11.0 Å². The van der Waals surface area contributed by atoms with Crippen LogP contribution in [-0.4, -0.2) is 4.57 Å². The first kappa shape index (κ1) is 15.6. The lowest BCUT2D eigenvalue weighted by molar-refractivity contribution is 0.521. The zero-order chi connectivity index (χ0) is 16.6. The van der Waals surface area contributed by atoms with E-state index in [9.17, 15) is 4.79 Å². The number of hydrogen-bond acceptors (Lipinski definition) is 2. The second-order valence-corrected chi connectivity index (χ2v) is 6.66. The van der Waals surface area contributed by atoms with E-state index < -0.39 is 0 Å². The maximum absolute atomic E-state index is 12.2. The van der Waals surface area contributed by atoms with Gasteiger partial charge in [0.05, 0.1) is 0 Å². The molecule has 0 radical (unpaired) electrons. The van der Waals surface area contributed by atoms with Crippen molar-refractivity contribution < 1.29 is 4.42 Å². The second kappa shape index (κ2) is 6.07. The second-order valence-electron chi connectivity index (χ2n) is 6.66. The molecule has 0 bridgehead atoms. The summed E-state index contributed by atoms with van der Waals surface area (Å²) >= 11 is 0. The Balaban J connectivity index is 1.88. The molecule has 0 saturated carbocycles. The molecular weight excluding hydrogens is 286 g/mol. The van der Waals surface area contributed by atoms with Crippen LogP contribution in [-0.2, 0) is 13.5 Å². The fourth-order valence-corrected chi connectivity index (χ4v) is 2.96. The Hall–Kier alpha value is -2.29. The van der Waals surface area contributed by atoms with Crippen molar-refractivity contribution in [2.45, 2.75) is 39.0 Å². The van der Waals surface area contributed by atoms with Crippen molar-refractivity contribution in [3.05, 3.63) is 69.8 Å². The highest BCUT2D eigenvalue weighted by atomic mass is 16.3. The van der Waals surface area contributed by atoms with Gasteiger partial charge in [-0.15, -0.1) is 0 Å². The van der Waals surface area contributed by atoms with Crippen molar-refractivity contribution in [2.75, 3.05) is 0 Å². The Kier molecular flexibility index (Phi) is 4.12. The molecule has 0 N–H and O–H groups in total. The highest BCUT2D eigenvalue weighted by Gasteiger charge is 2.13. The van der Waals surface area contributed by atoms with Gasteiger partial charge in [-0.25, -0.2) is 0 Å². The van der Waals surface area contributed by atoms with Crippen LogP contribution in [0.2, 0.25) is 0 Å². The van der Waals surface area contributed by atoms with E-state index in [1.54, 1.807) is 17.8 Å². The number of rotatable bonds is 4. The third kappa shape index (κ3) is 3.09. The van der Waals surface area contributed by atoms with Gasteiger partial charge in [-0.1, -0.05) is 39.0 Å².